The molecule has 0 radical (unpaired) electrons. The standard InChI is InChI=1S/C15H20N4O4.CH2O2/c1-8-9(2)16-13(18(3)4)17-10(8)19-6-14(11(20)21)5-15(14,7-19)12(22)23;2-1-3/h5-7H2,1-4H3,(H,20,21)(H,22,23);1H,(H,2,3)/t14-,15+;. The fourth-order valence-electron chi connectivity index (χ4n) is 3.55. The molecule has 1 aliphatic heterocycles. The van der Waals surface area contributed by atoms with E-state index in [-0.39, 0.29) is 26.0 Å². The van der Waals surface area contributed by atoms with E-state index in [0.29, 0.717) is 11.8 Å². The number of anilines is 2. The second kappa shape index (κ2) is 6.43. The van der Waals surface area contributed by atoms with E-state index >= 15 is 0 Å². The van der Waals surface area contributed by atoms with Crippen LogP contribution in [0.15, 0.2) is 0 Å². The van der Waals surface area contributed by atoms with Gasteiger partial charge in [-0.05, 0) is 20.3 Å². The number of carbonyl (C=O) groups is 3. The lowest BCUT2D eigenvalue weighted by molar-refractivity contribution is -0.151. The van der Waals surface area contributed by atoms with Crippen molar-refractivity contribution in [2.75, 3.05) is 37.0 Å². The minimum atomic E-state index is -1.21. The predicted molar refractivity (Wildman–Crippen MR) is 91.5 cm³/mol. The predicted octanol–water partition coefficient (Wildman–Crippen LogP) is 0.226. The Kier molecular flexibility index (Phi) is 4.80. The summed E-state index contributed by atoms with van der Waals surface area (Å²) >= 11 is 0. The molecule has 1 aromatic rings. The number of rotatable bonds is 4. The van der Waals surface area contributed by atoms with Crippen molar-refractivity contribution < 1.29 is 29.7 Å². The molecule has 0 amide bonds. The second-order valence-electron chi connectivity index (χ2n) is 6.86. The summed E-state index contributed by atoms with van der Waals surface area (Å²) in [5.41, 5.74) is -0.767. The summed E-state index contributed by atoms with van der Waals surface area (Å²) in [7, 11) is 3.65. The van der Waals surface area contributed by atoms with Gasteiger partial charge in [-0.1, -0.05) is 0 Å². The van der Waals surface area contributed by atoms with Crippen molar-refractivity contribution in [2.24, 2.45) is 10.8 Å². The van der Waals surface area contributed by atoms with E-state index in [9.17, 15) is 19.8 Å². The van der Waals surface area contributed by atoms with Crippen molar-refractivity contribution in [1.29, 1.82) is 0 Å². The maximum Gasteiger partial charge on any atom is 0.312 e. The number of nitrogens with zero attached hydrogens (tertiary/aromatic N) is 4. The molecule has 0 aromatic carbocycles. The zero-order valence-corrected chi connectivity index (χ0v) is 15.1. The molecule has 2 fully saturated rings. The van der Waals surface area contributed by atoms with Crippen LogP contribution in [0.25, 0.3) is 0 Å². The molecular formula is C16H22N4O6. The smallest absolute Gasteiger partial charge is 0.312 e. The first-order valence-corrected chi connectivity index (χ1v) is 7.88. The Morgan fingerprint density at radius 2 is 1.58 bits per heavy atom. The van der Waals surface area contributed by atoms with Crippen LogP contribution in [-0.2, 0) is 14.4 Å². The summed E-state index contributed by atoms with van der Waals surface area (Å²) in [5.74, 6) is -0.940. The maximum absolute atomic E-state index is 11.6. The number of carboxylic acid groups (broad SMARTS) is 3. The zero-order chi connectivity index (χ0) is 19.9. The molecule has 0 unspecified atom stereocenters. The van der Waals surface area contributed by atoms with Gasteiger partial charge in [0, 0.05) is 38.4 Å². The third-order valence-electron chi connectivity index (χ3n) is 5.19. The molecule has 10 nitrogen and oxygen atoms in total. The highest BCUT2D eigenvalue weighted by Gasteiger charge is 2.81. The van der Waals surface area contributed by atoms with Crippen LogP contribution >= 0.6 is 0 Å². The Balaban J connectivity index is 0.000000758. The molecule has 1 saturated carbocycles. The van der Waals surface area contributed by atoms with Gasteiger partial charge in [-0.15, -0.1) is 0 Å². The zero-order valence-electron chi connectivity index (χ0n) is 15.1. The van der Waals surface area contributed by atoms with Crippen LogP contribution in [-0.4, -0.2) is 70.9 Å². The lowest BCUT2D eigenvalue weighted by Crippen LogP contribution is -2.31. The highest BCUT2D eigenvalue weighted by Crippen LogP contribution is 2.69. The van der Waals surface area contributed by atoms with E-state index in [1.807, 2.05) is 27.9 Å². The van der Waals surface area contributed by atoms with Gasteiger partial charge >= 0.3 is 11.9 Å². The summed E-state index contributed by atoms with van der Waals surface area (Å²) in [6.07, 6.45) is 0.185. The van der Waals surface area contributed by atoms with Gasteiger partial charge in [0.2, 0.25) is 5.95 Å². The molecule has 2 aliphatic rings. The Labute approximate surface area is 150 Å². The fraction of sp³-hybridized carbons (Fsp3) is 0.562. The largest absolute Gasteiger partial charge is 0.483 e. The summed E-state index contributed by atoms with van der Waals surface area (Å²) in [6.45, 7) is 3.82. The topological polar surface area (TPSA) is 144 Å². The number of hydrogen-bond donors (Lipinski definition) is 3. The van der Waals surface area contributed by atoms with E-state index < -0.39 is 22.8 Å². The SMILES string of the molecule is Cc1nc(N(C)C)nc(N2C[C@@]3(C(=O)O)C[C@@]3(C(=O)O)C2)c1C.O=CO. The highest BCUT2D eigenvalue weighted by atomic mass is 16.4. The average Bonchev–Trinajstić information content (AvgIpc) is 3.09. The first-order valence-electron chi connectivity index (χ1n) is 7.88. The van der Waals surface area contributed by atoms with Crippen LogP contribution in [0.2, 0.25) is 0 Å². The van der Waals surface area contributed by atoms with Crippen molar-refractivity contribution in [3.63, 3.8) is 0 Å². The van der Waals surface area contributed by atoms with Gasteiger partial charge in [0.05, 0.1) is 0 Å². The van der Waals surface area contributed by atoms with Gasteiger partial charge < -0.3 is 25.1 Å². The first-order chi connectivity index (χ1) is 12.1. The summed E-state index contributed by atoms with van der Waals surface area (Å²) in [5, 5.41) is 25.9. The van der Waals surface area contributed by atoms with E-state index in [1.54, 1.807) is 9.80 Å². The highest BCUT2D eigenvalue weighted by molar-refractivity contribution is 5.96. The quantitative estimate of drug-likeness (QED) is 0.633. The van der Waals surface area contributed by atoms with Crippen molar-refractivity contribution in [3.8, 4) is 0 Å². The molecule has 0 bridgehead atoms. The van der Waals surface area contributed by atoms with Crippen LogP contribution in [0, 0.1) is 24.7 Å². The first kappa shape index (κ1) is 19.4. The normalized spacial score (nSPS) is 25.6. The third kappa shape index (κ3) is 2.71. The summed E-state index contributed by atoms with van der Waals surface area (Å²) < 4.78 is 0. The molecular weight excluding hydrogens is 344 g/mol. The van der Waals surface area contributed by atoms with Gasteiger partial charge in [-0.25, -0.2) is 4.98 Å². The van der Waals surface area contributed by atoms with E-state index in [1.165, 1.54) is 0 Å². The van der Waals surface area contributed by atoms with Gasteiger partial charge in [0.15, 0.2) is 0 Å². The van der Waals surface area contributed by atoms with Crippen molar-refractivity contribution in [1.82, 2.24) is 9.97 Å². The average molecular weight is 366 g/mol. The van der Waals surface area contributed by atoms with E-state index in [0.717, 1.165) is 11.3 Å². The Morgan fingerprint density at radius 3 is 1.96 bits per heavy atom. The Morgan fingerprint density at radius 1 is 1.12 bits per heavy atom. The fourth-order valence-corrected chi connectivity index (χ4v) is 3.55. The Bertz CT molecular complexity index is 739. The molecule has 2 atom stereocenters. The molecule has 2 heterocycles. The lowest BCUT2D eigenvalue weighted by Gasteiger charge is -2.25. The van der Waals surface area contributed by atoms with Crippen molar-refractivity contribution in [3.05, 3.63) is 11.3 Å². The molecule has 1 aromatic heterocycles. The molecule has 3 rings (SSSR count). The van der Waals surface area contributed by atoms with Crippen LogP contribution < -0.4 is 9.80 Å². The number of piperidine rings is 1. The minimum absolute atomic E-state index is 0.165. The van der Waals surface area contributed by atoms with Crippen LogP contribution in [0.1, 0.15) is 17.7 Å². The molecule has 1 saturated heterocycles. The number of aliphatic carboxylic acids is 2. The van der Waals surface area contributed by atoms with Gasteiger partial charge in [0.1, 0.15) is 16.6 Å². The van der Waals surface area contributed by atoms with Gasteiger partial charge in [-0.2, -0.15) is 4.98 Å². The molecule has 3 N–H and O–H groups in total. The number of aryl methyl sites for hydroxylation is 1. The van der Waals surface area contributed by atoms with Crippen LogP contribution in [0.4, 0.5) is 11.8 Å². The maximum atomic E-state index is 11.6. The van der Waals surface area contributed by atoms with Crippen molar-refractivity contribution >= 4 is 30.2 Å². The number of aromatic nitrogens is 2. The number of carboxylic acids is 2. The Hall–Kier alpha value is -2.91. The summed E-state index contributed by atoms with van der Waals surface area (Å²) in [4.78, 5) is 44.1. The lowest BCUT2D eigenvalue weighted by atomic mass is 9.97. The number of hydrogen-bond acceptors (Lipinski definition) is 7. The third-order valence-corrected chi connectivity index (χ3v) is 5.19. The second-order valence-corrected chi connectivity index (χ2v) is 6.86. The van der Waals surface area contributed by atoms with Crippen molar-refractivity contribution in [2.45, 2.75) is 20.3 Å². The molecule has 142 valence electrons. The number of fused-ring (bicyclic) bond motifs is 1. The van der Waals surface area contributed by atoms with Gasteiger partial charge in [0.25, 0.3) is 6.47 Å². The molecule has 1 aliphatic carbocycles. The molecule has 0 spiro atoms. The van der Waals surface area contributed by atoms with E-state index in [2.05, 4.69) is 9.97 Å². The summed E-state index contributed by atoms with van der Waals surface area (Å²) in [6, 6.07) is 0. The van der Waals surface area contributed by atoms with Gasteiger partial charge in [-0.3, -0.25) is 14.4 Å². The molecule has 10 heteroatoms. The van der Waals surface area contributed by atoms with Crippen LogP contribution in [0.5, 0.6) is 0 Å². The monoisotopic (exact) mass is 366 g/mol. The molecule has 26 heavy (non-hydrogen) atoms. The van der Waals surface area contributed by atoms with Crippen LogP contribution in [0.3, 0.4) is 0 Å². The minimum Gasteiger partial charge on any atom is -0.483 e. The van der Waals surface area contributed by atoms with E-state index in [4.69, 9.17) is 9.90 Å².